The predicted octanol–water partition coefficient (Wildman–Crippen LogP) is 3.91. The van der Waals surface area contributed by atoms with E-state index in [1.807, 2.05) is 0 Å². The number of ether oxygens (including phenoxy) is 2. The second-order valence-electron chi connectivity index (χ2n) is 4.53. The van der Waals surface area contributed by atoms with E-state index in [0.717, 1.165) is 0 Å². The number of hydrogen-bond donors (Lipinski definition) is 0. The van der Waals surface area contributed by atoms with E-state index in [1.54, 1.807) is 36.0 Å². The Bertz CT molecular complexity index is 795. The normalized spacial score (nSPS) is 11.6. The maximum atomic E-state index is 12.1. The second kappa shape index (κ2) is 5.25. The van der Waals surface area contributed by atoms with Crippen LogP contribution in [0.25, 0.3) is 16.9 Å². The molecule has 0 bridgehead atoms. The Morgan fingerprint density at radius 3 is 2.27 bits per heavy atom. The summed E-state index contributed by atoms with van der Waals surface area (Å²) in [5.41, 5.74) is 2.05. The molecule has 0 unspecified atom stereocenters. The first-order chi connectivity index (χ1) is 10.4. The molecular formula is C15H11F3N2O2. The van der Waals surface area contributed by atoms with Crippen LogP contribution in [-0.2, 0) is 0 Å². The first-order valence-corrected chi connectivity index (χ1v) is 6.33. The van der Waals surface area contributed by atoms with Gasteiger partial charge in [-0.25, -0.2) is 4.98 Å². The fraction of sp³-hybridized carbons (Fsp3) is 0.133. The van der Waals surface area contributed by atoms with E-state index >= 15 is 0 Å². The molecule has 0 aliphatic rings. The van der Waals surface area contributed by atoms with E-state index in [2.05, 4.69) is 9.72 Å². The highest BCUT2D eigenvalue weighted by atomic mass is 19.4. The number of nitrogens with zero attached hydrogens (tertiary/aromatic N) is 2. The van der Waals surface area contributed by atoms with Crippen molar-refractivity contribution in [2.75, 3.05) is 7.11 Å². The first kappa shape index (κ1) is 14.2. The molecule has 0 atom stereocenters. The molecule has 0 aliphatic heterocycles. The van der Waals surface area contributed by atoms with Gasteiger partial charge in [-0.3, -0.25) is 0 Å². The van der Waals surface area contributed by atoms with Crippen LogP contribution in [0.4, 0.5) is 13.2 Å². The van der Waals surface area contributed by atoms with Gasteiger partial charge in [0.2, 0.25) is 0 Å². The standard InChI is InChI=1S/C15H11F3N2O2/c1-21-12-6-7-14-19-13(9-20(14)8-12)10-2-4-11(5-3-10)22-15(16,17)18/h2-9H,1H3. The lowest BCUT2D eigenvalue weighted by Crippen LogP contribution is -2.16. The van der Waals surface area contributed by atoms with Crippen LogP contribution in [0.3, 0.4) is 0 Å². The highest BCUT2D eigenvalue weighted by molar-refractivity contribution is 5.63. The average Bonchev–Trinajstić information content (AvgIpc) is 2.89. The van der Waals surface area contributed by atoms with Gasteiger partial charge in [0.1, 0.15) is 17.1 Å². The predicted molar refractivity (Wildman–Crippen MR) is 73.9 cm³/mol. The lowest BCUT2D eigenvalue weighted by Gasteiger charge is -2.08. The zero-order valence-corrected chi connectivity index (χ0v) is 11.5. The van der Waals surface area contributed by atoms with Crippen molar-refractivity contribution in [3.8, 4) is 22.8 Å². The Hall–Kier alpha value is -2.70. The summed E-state index contributed by atoms with van der Waals surface area (Å²) < 4.78 is 47.1. The number of alkyl halides is 3. The molecule has 4 nitrogen and oxygen atoms in total. The molecule has 0 fully saturated rings. The summed E-state index contributed by atoms with van der Waals surface area (Å²) in [6.07, 6.45) is -1.15. The van der Waals surface area contributed by atoms with Crippen LogP contribution in [0.1, 0.15) is 0 Å². The number of benzene rings is 1. The molecule has 7 heteroatoms. The van der Waals surface area contributed by atoms with Gasteiger partial charge in [-0.1, -0.05) is 0 Å². The van der Waals surface area contributed by atoms with Crippen molar-refractivity contribution in [3.63, 3.8) is 0 Å². The van der Waals surface area contributed by atoms with Gasteiger partial charge in [-0.05, 0) is 36.4 Å². The summed E-state index contributed by atoms with van der Waals surface area (Å²) in [4.78, 5) is 4.41. The maximum absolute atomic E-state index is 12.1. The number of imidazole rings is 1. The van der Waals surface area contributed by atoms with E-state index in [-0.39, 0.29) is 5.75 Å². The highest BCUT2D eigenvalue weighted by Crippen LogP contribution is 2.26. The molecular weight excluding hydrogens is 297 g/mol. The fourth-order valence-electron chi connectivity index (χ4n) is 2.06. The molecule has 0 aliphatic carbocycles. The summed E-state index contributed by atoms with van der Waals surface area (Å²) in [5.74, 6) is 0.423. The number of halogens is 3. The second-order valence-corrected chi connectivity index (χ2v) is 4.53. The molecule has 1 aromatic carbocycles. The molecule has 2 aromatic heterocycles. The minimum atomic E-state index is -4.69. The van der Waals surface area contributed by atoms with E-state index in [1.165, 1.54) is 24.3 Å². The molecule has 114 valence electrons. The van der Waals surface area contributed by atoms with Gasteiger partial charge in [0.05, 0.1) is 19.0 Å². The van der Waals surface area contributed by atoms with Gasteiger partial charge in [-0.15, -0.1) is 13.2 Å². The third-order valence-electron chi connectivity index (χ3n) is 3.04. The molecule has 2 heterocycles. The largest absolute Gasteiger partial charge is 0.573 e. The van der Waals surface area contributed by atoms with Crippen molar-refractivity contribution in [1.82, 2.24) is 9.38 Å². The summed E-state index contributed by atoms with van der Waals surface area (Å²) in [6.45, 7) is 0. The minimum absolute atomic E-state index is 0.262. The molecule has 0 amide bonds. The molecule has 0 saturated heterocycles. The maximum Gasteiger partial charge on any atom is 0.573 e. The van der Waals surface area contributed by atoms with E-state index in [9.17, 15) is 13.2 Å². The van der Waals surface area contributed by atoms with Gasteiger partial charge in [0, 0.05) is 11.8 Å². The van der Waals surface area contributed by atoms with Gasteiger partial charge in [0.15, 0.2) is 0 Å². The third-order valence-corrected chi connectivity index (χ3v) is 3.04. The molecule has 3 aromatic rings. The lowest BCUT2D eigenvalue weighted by atomic mass is 10.2. The van der Waals surface area contributed by atoms with Crippen LogP contribution in [0.15, 0.2) is 48.8 Å². The van der Waals surface area contributed by atoms with Gasteiger partial charge < -0.3 is 13.9 Å². The van der Waals surface area contributed by atoms with Gasteiger partial charge >= 0.3 is 6.36 Å². The van der Waals surface area contributed by atoms with Crippen LogP contribution in [-0.4, -0.2) is 22.9 Å². The van der Waals surface area contributed by atoms with Gasteiger partial charge in [-0.2, -0.15) is 0 Å². The summed E-state index contributed by atoms with van der Waals surface area (Å²) in [7, 11) is 1.57. The van der Waals surface area contributed by atoms with Crippen molar-refractivity contribution in [1.29, 1.82) is 0 Å². The molecule has 0 radical (unpaired) electrons. The van der Waals surface area contributed by atoms with Crippen LogP contribution in [0.5, 0.6) is 11.5 Å². The number of rotatable bonds is 3. The highest BCUT2D eigenvalue weighted by Gasteiger charge is 2.30. The van der Waals surface area contributed by atoms with E-state index < -0.39 is 6.36 Å². The number of pyridine rings is 1. The Morgan fingerprint density at radius 1 is 0.955 bits per heavy atom. The van der Waals surface area contributed by atoms with Gasteiger partial charge in [0.25, 0.3) is 0 Å². The van der Waals surface area contributed by atoms with Crippen LogP contribution >= 0.6 is 0 Å². The first-order valence-electron chi connectivity index (χ1n) is 6.33. The van der Waals surface area contributed by atoms with Crippen LogP contribution < -0.4 is 9.47 Å². The zero-order valence-electron chi connectivity index (χ0n) is 11.5. The number of fused-ring (bicyclic) bond motifs is 1. The van der Waals surface area contributed by atoms with Crippen molar-refractivity contribution >= 4 is 5.65 Å². The van der Waals surface area contributed by atoms with E-state index in [0.29, 0.717) is 22.7 Å². The number of aromatic nitrogens is 2. The summed E-state index contributed by atoms with van der Waals surface area (Å²) in [5, 5.41) is 0. The van der Waals surface area contributed by atoms with Crippen molar-refractivity contribution in [3.05, 3.63) is 48.8 Å². The topological polar surface area (TPSA) is 35.8 Å². The quantitative estimate of drug-likeness (QED) is 0.736. The fourth-order valence-corrected chi connectivity index (χ4v) is 2.06. The minimum Gasteiger partial charge on any atom is -0.495 e. The number of hydrogen-bond acceptors (Lipinski definition) is 3. The average molecular weight is 308 g/mol. The smallest absolute Gasteiger partial charge is 0.495 e. The van der Waals surface area contributed by atoms with Crippen molar-refractivity contribution < 1.29 is 22.6 Å². The Kier molecular flexibility index (Phi) is 3.40. The monoisotopic (exact) mass is 308 g/mol. The Balaban J connectivity index is 1.90. The summed E-state index contributed by atoms with van der Waals surface area (Å²) in [6, 6.07) is 9.15. The number of methoxy groups -OCH3 is 1. The molecule has 3 rings (SSSR count). The van der Waals surface area contributed by atoms with Crippen molar-refractivity contribution in [2.24, 2.45) is 0 Å². The summed E-state index contributed by atoms with van der Waals surface area (Å²) >= 11 is 0. The molecule has 22 heavy (non-hydrogen) atoms. The van der Waals surface area contributed by atoms with Crippen molar-refractivity contribution in [2.45, 2.75) is 6.36 Å². The Labute approximate surface area is 123 Å². The van der Waals surface area contributed by atoms with Crippen LogP contribution in [0.2, 0.25) is 0 Å². The third kappa shape index (κ3) is 2.98. The molecule has 0 N–H and O–H groups in total. The molecule has 0 spiro atoms. The molecule has 0 saturated carbocycles. The lowest BCUT2D eigenvalue weighted by molar-refractivity contribution is -0.274. The SMILES string of the molecule is COc1ccc2nc(-c3ccc(OC(F)(F)F)cc3)cn2c1. The van der Waals surface area contributed by atoms with Crippen LogP contribution in [0, 0.1) is 0 Å². The van der Waals surface area contributed by atoms with E-state index in [4.69, 9.17) is 4.74 Å². The Morgan fingerprint density at radius 2 is 1.64 bits per heavy atom. The zero-order chi connectivity index (χ0) is 15.7.